The molecule has 27 rings (SSSR count). The number of pyridine rings is 3. The summed E-state index contributed by atoms with van der Waals surface area (Å²) in [6.45, 7) is 0. The molecule has 15 heteroatoms. The van der Waals surface area contributed by atoms with E-state index in [4.69, 9.17) is 59.8 Å². The van der Waals surface area contributed by atoms with E-state index in [1.807, 2.05) is 140 Å². The Balaban J connectivity index is 0.000000108. The lowest BCUT2D eigenvalue weighted by molar-refractivity contribution is 1.05. The van der Waals surface area contributed by atoms with E-state index >= 15 is 0 Å². The third kappa shape index (κ3) is 14.5. The van der Waals surface area contributed by atoms with Crippen molar-refractivity contribution in [2.24, 2.45) is 0 Å². The lowest BCUT2D eigenvalue weighted by Crippen LogP contribution is -2.02. The summed E-state index contributed by atoms with van der Waals surface area (Å²) in [5.74, 6) is 5.29. The average molecular weight is 1730 g/mol. The van der Waals surface area contributed by atoms with Crippen molar-refractivity contribution in [3.05, 3.63) is 455 Å². The largest absolute Gasteiger partial charge is 0.308 e. The maximum Gasteiger partial charge on any atom is 0.182 e. The second kappa shape index (κ2) is 33.5. The standard InChI is InChI=1S/C44H27N5.C40H25N5.C36H23N5/c1-3-12-31-25-33(19-17-28(31)9-1)42-46-43(34-20-18-29-10-2-4-13-32(29)26-34)48-44(47-42)38-23-22-35(27-45-38)49-39-16-8-7-15-37(39)41-36-14-6-5-11-30(36)21-24-40(41)49;1-2-12-28(13-3-1)38-42-39(30-19-18-26-10-4-5-14-29(26)24-30)44-40(43-38)34-22-21-31(25-41-34)45-35-17-9-8-16-33(35)37-32-15-7-6-11-27(32)20-23-36(37)45;1-3-12-25(13-4-1)34-38-35(26-14-5-2-6-15-26)40-36(39-34)30-21-20-27(23-37-30)41-31-18-10-9-17-29(31)33-28-16-8-7-11-24(28)19-22-32(33)41/h1-27H;1-25H;1-23H. The maximum absolute atomic E-state index is 5.01. The zero-order chi connectivity index (χ0) is 89.2. The Morgan fingerprint density at radius 1 is 0.141 bits per heavy atom. The van der Waals surface area contributed by atoms with Gasteiger partial charge in [0.05, 0.1) is 68.8 Å². The number of nitrogens with zero attached hydrogens (tertiary/aromatic N) is 15. The average Bonchev–Trinajstić information content (AvgIpc) is 1.59. The highest BCUT2D eigenvalue weighted by Crippen LogP contribution is 2.43. The van der Waals surface area contributed by atoms with E-state index in [0.717, 1.165) is 99.7 Å². The monoisotopic (exact) mass is 1730 g/mol. The molecule has 0 amide bonds. The van der Waals surface area contributed by atoms with Crippen LogP contribution in [0.3, 0.4) is 0 Å². The van der Waals surface area contributed by atoms with Gasteiger partial charge >= 0.3 is 0 Å². The van der Waals surface area contributed by atoms with Crippen LogP contribution in [-0.2, 0) is 0 Å². The number of benzene rings is 18. The Labute approximate surface area is 773 Å². The predicted molar refractivity (Wildman–Crippen MR) is 550 cm³/mol. The van der Waals surface area contributed by atoms with Crippen molar-refractivity contribution >= 4 is 130 Å². The van der Waals surface area contributed by atoms with Gasteiger partial charge in [-0.2, -0.15) is 0 Å². The molecule has 0 bridgehead atoms. The van der Waals surface area contributed by atoms with Crippen molar-refractivity contribution in [1.29, 1.82) is 0 Å². The highest BCUT2D eigenvalue weighted by molar-refractivity contribution is 6.24. The van der Waals surface area contributed by atoms with Crippen molar-refractivity contribution in [3.8, 4) is 120 Å². The second-order valence-electron chi connectivity index (χ2n) is 33.5. The minimum absolute atomic E-state index is 0.529. The lowest BCUT2D eigenvalue weighted by Gasteiger charge is -2.11. The Morgan fingerprint density at radius 2 is 0.363 bits per heavy atom. The van der Waals surface area contributed by atoms with E-state index in [1.165, 1.54) is 80.8 Å². The van der Waals surface area contributed by atoms with E-state index in [1.54, 1.807) is 0 Å². The number of rotatable bonds is 12. The summed E-state index contributed by atoms with van der Waals surface area (Å²) in [5, 5.41) is 21.8. The van der Waals surface area contributed by atoms with Crippen molar-refractivity contribution in [1.82, 2.24) is 73.5 Å². The molecule has 0 aliphatic heterocycles. The first-order valence-electron chi connectivity index (χ1n) is 45.0. The Morgan fingerprint density at radius 3 is 0.637 bits per heavy atom. The molecule has 135 heavy (non-hydrogen) atoms. The third-order valence-electron chi connectivity index (χ3n) is 25.4. The van der Waals surface area contributed by atoms with Crippen molar-refractivity contribution in [3.63, 3.8) is 0 Å². The molecule has 0 saturated carbocycles. The molecule has 0 aliphatic rings. The molecule has 0 unspecified atom stereocenters. The molecule has 0 saturated heterocycles. The van der Waals surface area contributed by atoms with E-state index in [0.29, 0.717) is 69.5 Å². The summed E-state index contributed by atoms with van der Waals surface area (Å²) in [5.41, 5.74) is 17.5. The van der Waals surface area contributed by atoms with E-state index in [2.05, 4.69) is 329 Å². The number of para-hydroxylation sites is 3. The summed E-state index contributed by atoms with van der Waals surface area (Å²) in [6.07, 6.45) is 5.74. The van der Waals surface area contributed by atoms with Crippen LogP contribution < -0.4 is 0 Å². The molecule has 15 nitrogen and oxygen atoms in total. The molecule has 0 spiro atoms. The van der Waals surface area contributed by atoms with Crippen LogP contribution in [0.2, 0.25) is 0 Å². The number of aromatic nitrogens is 15. The molecule has 0 atom stereocenters. The minimum Gasteiger partial charge on any atom is -0.308 e. The summed E-state index contributed by atoms with van der Waals surface area (Å²) in [4.78, 5) is 59.0. The number of hydrogen-bond acceptors (Lipinski definition) is 12. The van der Waals surface area contributed by atoms with Crippen LogP contribution >= 0.6 is 0 Å². The molecule has 9 heterocycles. The van der Waals surface area contributed by atoms with Crippen LogP contribution in [0, 0.1) is 0 Å². The summed E-state index contributed by atoms with van der Waals surface area (Å²) in [6, 6.07) is 151. The van der Waals surface area contributed by atoms with Gasteiger partial charge in [-0.25, -0.2) is 44.9 Å². The quantitative estimate of drug-likeness (QED) is 0.114. The molecule has 0 radical (unpaired) electrons. The fourth-order valence-electron chi connectivity index (χ4n) is 19.0. The second-order valence-corrected chi connectivity index (χ2v) is 33.5. The first-order chi connectivity index (χ1) is 66.9. The van der Waals surface area contributed by atoms with E-state index < -0.39 is 0 Å². The lowest BCUT2D eigenvalue weighted by atomic mass is 10.0. The number of hydrogen-bond donors (Lipinski definition) is 0. The summed E-state index contributed by atoms with van der Waals surface area (Å²) in [7, 11) is 0. The minimum atomic E-state index is 0.529. The maximum atomic E-state index is 5.01. The van der Waals surface area contributed by atoms with Crippen LogP contribution in [0.15, 0.2) is 455 Å². The molecular weight excluding hydrogens is 1650 g/mol. The molecular formula is C120H75N15. The summed E-state index contributed by atoms with van der Waals surface area (Å²) >= 11 is 0. The topological polar surface area (TPSA) is 169 Å². The molecule has 630 valence electrons. The number of fused-ring (bicyclic) bond motifs is 18. The van der Waals surface area contributed by atoms with Gasteiger partial charge < -0.3 is 13.7 Å². The van der Waals surface area contributed by atoms with Gasteiger partial charge in [0.25, 0.3) is 0 Å². The molecule has 0 N–H and O–H groups in total. The molecule has 0 fully saturated rings. The van der Waals surface area contributed by atoms with Gasteiger partial charge in [0, 0.05) is 65.7 Å². The normalized spacial score (nSPS) is 11.6. The highest BCUT2D eigenvalue weighted by atomic mass is 15.1. The third-order valence-corrected chi connectivity index (χ3v) is 25.4. The van der Waals surface area contributed by atoms with Gasteiger partial charge in [-0.3, -0.25) is 15.0 Å². The summed E-state index contributed by atoms with van der Waals surface area (Å²) < 4.78 is 6.87. The zero-order valence-corrected chi connectivity index (χ0v) is 72.5. The van der Waals surface area contributed by atoms with Crippen molar-refractivity contribution in [2.75, 3.05) is 0 Å². The van der Waals surface area contributed by atoms with Gasteiger partial charge in [0.15, 0.2) is 52.4 Å². The van der Waals surface area contributed by atoms with Gasteiger partial charge in [-0.1, -0.05) is 346 Å². The van der Waals surface area contributed by atoms with Gasteiger partial charge in [0.1, 0.15) is 17.1 Å². The molecule has 0 aliphatic carbocycles. The van der Waals surface area contributed by atoms with E-state index in [9.17, 15) is 0 Å². The SMILES string of the molecule is c1ccc(-c2nc(-c3ccc4ccccc4c3)nc(-c3ccc(-n4c5ccccc5c5c6ccccc6ccc54)cn3)n2)cc1.c1ccc(-c2nc(-c3ccccc3)nc(-c3ccc(-n4c5ccccc5c5c6ccccc6ccc54)cn3)n2)cc1.c1ccc2cc(-c3nc(-c4ccc5ccccc5c4)nc(-c4ccc(-n5c6ccccc6c6c7ccccc7ccc65)cn4)n3)ccc2c1. The molecule has 27 aromatic rings. The first-order valence-corrected chi connectivity index (χ1v) is 45.0. The van der Waals surface area contributed by atoms with Gasteiger partial charge in [-0.05, 0) is 156 Å². The fraction of sp³-hybridized carbons (Fsp3) is 0. The van der Waals surface area contributed by atoms with Gasteiger partial charge in [-0.15, -0.1) is 0 Å². The Hall–Kier alpha value is -18.6. The fourth-order valence-corrected chi connectivity index (χ4v) is 19.0. The molecule has 9 aromatic heterocycles. The van der Waals surface area contributed by atoms with Gasteiger partial charge in [0.2, 0.25) is 0 Å². The van der Waals surface area contributed by atoms with Crippen LogP contribution in [0.5, 0.6) is 0 Å². The predicted octanol–water partition coefficient (Wildman–Crippen LogP) is 29.0. The van der Waals surface area contributed by atoms with Crippen molar-refractivity contribution < 1.29 is 0 Å². The van der Waals surface area contributed by atoms with Crippen LogP contribution in [0.25, 0.3) is 250 Å². The van der Waals surface area contributed by atoms with E-state index in [-0.39, 0.29) is 0 Å². The molecule has 18 aromatic carbocycles. The van der Waals surface area contributed by atoms with Crippen LogP contribution in [0.1, 0.15) is 0 Å². The Kier molecular flexibility index (Phi) is 19.5. The Bertz CT molecular complexity index is 9150. The van der Waals surface area contributed by atoms with Crippen molar-refractivity contribution in [2.45, 2.75) is 0 Å². The zero-order valence-electron chi connectivity index (χ0n) is 72.5. The van der Waals surface area contributed by atoms with Crippen LogP contribution in [-0.4, -0.2) is 73.5 Å². The van der Waals surface area contributed by atoms with Crippen LogP contribution in [0.4, 0.5) is 0 Å². The highest BCUT2D eigenvalue weighted by Gasteiger charge is 2.24. The smallest absolute Gasteiger partial charge is 0.182 e. The first kappa shape index (κ1) is 78.6.